The Hall–Kier alpha value is -2.79. The fraction of sp³-hybridized carbons (Fsp3) is 0.348. The summed E-state index contributed by atoms with van der Waals surface area (Å²) in [7, 11) is 0. The van der Waals surface area contributed by atoms with Gasteiger partial charge in [0.05, 0.1) is 5.70 Å². The van der Waals surface area contributed by atoms with Gasteiger partial charge in [0.15, 0.2) is 12.5 Å². The number of anilines is 1. The first kappa shape index (κ1) is 18.6. The monoisotopic (exact) mass is 376 g/mol. The maximum absolute atomic E-state index is 11.7. The van der Waals surface area contributed by atoms with Gasteiger partial charge in [-0.05, 0) is 30.9 Å². The van der Waals surface area contributed by atoms with Gasteiger partial charge in [-0.2, -0.15) is 0 Å². The fourth-order valence-electron chi connectivity index (χ4n) is 4.20. The van der Waals surface area contributed by atoms with Crippen molar-refractivity contribution in [3.05, 3.63) is 71.9 Å². The fourth-order valence-corrected chi connectivity index (χ4v) is 4.20. The Balaban J connectivity index is 1.36. The number of nitrogen functional groups attached to an aromatic ring is 1. The molecular formula is C23H28N4O. The van der Waals surface area contributed by atoms with Crippen LogP contribution in [-0.2, 0) is 11.2 Å². The molecule has 2 aliphatic heterocycles. The number of carbonyl (C=O) groups is 1. The van der Waals surface area contributed by atoms with Gasteiger partial charge in [0, 0.05) is 43.1 Å². The highest BCUT2D eigenvalue weighted by Crippen LogP contribution is 2.28. The van der Waals surface area contributed by atoms with Crippen molar-refractivity contribution in [2.75, 3.05) is 25.4 Å². The number of likely N-dealkylation sites (tertiary alicyclic amines) is 1. The van der Waals surface area contributed by atoms with Gasteiger partial charge in [0.1, 0.15) is 0 Å². The van der Waals surface area contributed by atoms with E-state index in [0.29, 0.717) is 6.04 Å². The number of rotatable bonds is 6. The van der Waals surface area contributed by atoms with Crippen LogP contribution in [0.25, 0.3) is 5.70 Å². The lowest BCUT2D eigenvalue weighted by Crippen LogP contribution is -2.48. The maximum atomic E-state index is 11.7. The van der Waals surface area contributed by atoms with Crippen molar-refractivity contribution in [3.63, 3.8) is 0 Å². The molecule has 2 aromatic rings. The second-order valence-electron chi connectivity index (χ2n) is 7.61. The average molecular weight is 377 g/mol. The van der Waals surface area contributed by atoms with E-state index >= 15 is 0 Å². The summed E-state index contributed by atoms with van der Waals surface area (Å²) in [6.07, 6.45) is 5.98. The van der Waals surface area contributed by atoms with Crippen molar-refractivity contribution < 1.29 is 4.79 Å². The molecule has 1 unspecified atom stereocenters. The van der Waals surface area contributed by atoms with Crippen LogP contribution in [0, 0.1) is 0 Å². The van der Waals surface area contributed by atoms with E-state index in [-0.39, 0.29) is 6.17 Å². The van der Waals surface area contributed by atoms with Crippen LogP contribution in [0.15, 0.2) is 60.8 Å². The van der Waals surface area contributed by atoms with E-state index in [1.54, 1.807) is 0 Å². The average Bonchev–Trinajstić information content (AvgIpc) is 3.18. The summed E-state index contributed by atoms with van der Waals surface area (Å²) in [6, 6.07) is 18.8. The van der Waals surface area contributed by atoms with Crippen LogP contribution in [0.2, 0.25) is 0 Å². The van der Waals surface area contributed by atoms with Crippen molar-refractivity contribution in [3.8, 4) is 0 Å². The van der Waals surface area contributed by atoms with Crippen molar-refractivity contribution in [1.82, 2.24) is 15.1 Å². The van der Waals surface area contributed by atoms with Crippen LogP contribution in [-0.4, -0.2) is 47.9 Å². The van der Waals surface area contributed by atoms with Gasteiger partial charge < -0.3 is 20.9 Å². The topological polar surface area (TPSA) is 61.6 Å². The summed E-state index contributed by atoms with van der Waals surface area (Å²) >= 11 is 0. The van der Waals surface area contributed by atoms with Gasteiger partial charge in [-0.15, -0.1) is 0 Å². The lowest BCUT2D eigenvalue weighted by atomic mass is 10.0. The number of nitrogens with two attached hydrogens (primary N) is 1. The summed E-state index contributed by atoms with van der Waals surface area (Å²) in [5.41, 5.74) is 10.1. The molecule has 146 valence electrons. The molecule has 0 aromatic heterocycles. The standard InChI is InChI=1S/C23H28N4O/c24-21-9-5-4-8-20(21)22-16-27(23(17-28)25-22)19-11-14-26(15-12-19)13-10-18-6-2-1-3-7-18/h1-9,16-17,19,23,25H,10-15,24H2. The minimum Gasteiger partial charge on any atom is -0.398 e. The predicted molar refractivity (Wildman–Crippen MR) is 113 cm³/mol. The SMILES string of the molecule is Nc1ccccc1C1=CN(C2CCN(CCc3ccccc3)CC2)C(C=O)N1. The minimum atomic E-state index is -0.310. The smallest absolute Gasteiger partial charge is 0.162 e. The number of hydrogen-bond acceptors (Lipinski definition) is 5. The van der Waals surface area contributed by atoms with Crippen LogP contribution < -0.4 is 11.1 Å². The van der Waals surface area contributed by atoms with Crippen LogP contribution in [0.3, 0.4) is 0 Å². The molecule has 28 heavy (non-hydrogen) atoms. The normalized spacial score (nSPS) is 20.6. The van der Waals surface area contributed by atoms with E-state index in [2.05, 4.69) is 51.6 Å². The maximum Gasteiger partial charge on any atom is 0.162 e. The highest BCUT2D eigenvalue weighted by molar-refractivity contribution is 5.78. The second-order valence-corrected chi connectivity index (χ2v) is 7.61. The van der Waals surface area contributed by atoms with Crippen molar-refractivity contribution >= 4 is 17.7 Å². The van der Waals surface area contributed by atoms with Gasteiger partial charge in [-0.1, -0.05) is 48.5 Å². The molecule has 5 nitrogen and oxygen atoms in total. The Bertz CT molecular complexity index is 828. The Morgan fingerprint density at radius 1 is 1.04 bits per heavy atom. The molecule has 5 heteroatoms. The molecule has 3 N–H and O–H groups in total. The summed E-state index contributed by atoms with van der Waals surface area (Å²) in [5, 5.41) is 3.33. The van der Waals surface area contributed by atoms with Crippen LogP contribution in [0.4, 0.5) is 5.69 Å². The van der Waals surface area contributed by atoms with Crippen LogP contribution in [0.5, 0.6) is 0 Å². The van der Waals surface area contributed by atoms with E-state index in [9.17, 15) is 4.79 Å². The molecule has 0 spiro atoms. The second kappa shape index (κ2) is 8.48. The highest BCUT2D eigenvalue weighted by atomic mass is 16.1. The quantitative estimate of drug-likeness (QED) is 0.600. The third kappa shape index (κ3) is 4.04. The molecule has 0 bridgehead atoms. The highest BCUT2D eigenvalue weighted by Gasteiger charge is 2.32. The van der Waals surface area contributed by atoms with Crippen molar-refractivity contribution in [2.45, 2.75) is 31.5 Å². The lowest BCUT2D eigenvalue weighted by molar-refractivity contribution is -0.112. The largest absolute Gasteiger partial charge is 0.398 e. The molecule has 2 aromatic carbocycles. The summed E-state index contributed by atoms with van der Waals surface area (Å²) in [6.45, 7) is 3.22. The van der Waals surface area contributed by atoms with Crippen molar-refractivity contribution in [1.29, 1.82) is 0 Å². The molecule has 0 amide bonds. The van der Waals surface area contributed by atoms with Crippen molar-refractivity contribution in [2.24, 2.45) is 0 Å². The zero-order chi connectivity index (χ0) is 19.3. The van der Waals surface area contributed by atoms with Crippen LogP contribution >= 0.6 is 0 Å². The molecule has 4 rings (SSSR count). The Labute approximate surface area is 166 Å². The van der Waals surface area contributed by atoms with E-state index in [4.69, 9.17) is 5.73 Å². The molecule has 2 aliphatic rings. The zero-order valence-electron chi connectivity index (χ0n) is 16.1. The summed E-state index contributed by atoms with van der Waals surface area (Å²) in [4.78, 5) is 16.4. The number of piperidine rings is 1. The molecule has 0 saturated carbocycles. The van der Waals surface area contributed by atoms with E-state index in [0.717, 1.165) is 62.1 Å². The van der Waals surface area contributed by atoms with Gasteiger partial charge in [0.25, 0.3) is 0 Å². The third-order valence-electron chi connectivity index (χ3n) is 5.82. The third-order valence-corrected chi connectivity index (χ3v) is 5.82. The Kier molecular flexibility index (Phi) is 5.63. The Morgan fingerprint density at radius 3 is 2.46 bits per heavy atom. The molecule has 2 heterocycles. The molecule has 0 aliphatic carbocycles. The first-order valence-electron chi connectivity index (χ1n) is 10.1. The molecule has 1 saturated heterocycles. The number of hydrogen-bond donors (Lipinski definition) is 2. The van der Waals surface area contributed by atoms with E-state index in [1.807, 2.05) is 24.3 Å². The number of para-hydroxylation sites is 1. The van der Waals surface area contributed by atoms with Gasteiger partial charge in [-0.25, -0.2) is 0 Å². The summed E-state index contributed by atoms with van der Waals surface area (Å²) < 4.78 is 0. The van der Waals surface area contributed by atoms with E-state index < -0.39 is 0 Å². The molecule has 1 atom stereocenters. The number of carbonyl (C=O) groups excluding carboxylic acids is 1. The number of nitrogens with zero attached hydrogens (tertiary/aromatic N) is 2. The zero-order valence-corrected chi connectivity index (χ0v) is 16.1. The summed E-state index contributed by atoms with van der Waals surface area (Å²) in [5.74, 6) is 0. The predicted octanol–water partition coefficient (Wildman–Crippen LogP) is 2.70. The lowest BCUT2D eigenvalue weighted by Gasteiger charge is -2.38. The Morgan fingerprint density at radius 2 is 1.75 bits per heavy atom. The van der Waals surface area contributed by atoms with E-state index in [1.165, 1.54) is 5.56 Å². The number of benzene rings is 2. The molecule has 0 radical (unpaired) electrons. The van der Waals surface area contributed by atoms with Gasteiger partial charge in [-0.3, -0.25) is 4.79 Å². The van der Waals surface area contributed by atoms with Gasteiger partial charge in [0.2, 0.25) is 0 Å². The molecule has 1 fully saturated rings. The minimum absolute atomic E-state index is 0.310. The van der Waals surface area contributed by atoms with Gasteiger partial charge >= 0.3 is 0 Å². The molecular weight excluding hydrogens is 348 g/mol. The first-order valence-corrected chi connectivity index (χ1v) is 10.1. The first-order chi connectivity index (χ1) is 13.7. The van der Waals surface area contributed by atoms with Crippen LogP contribution in [0.1, 0.15) is 24.0 Å². The number of nitrogens with one attached hydrogen (secondary N) is 1. The number of aldehydes is 1.